The number of anilines is 4. The minimum Gasteiger partial charge on any atom is -0.370 e. The second-order valence-electron chi connectivity index (χ2n) is 11.0. The molecule has 2 aliphatic rings. The van der Waals surface area contributed by atoms with Crippen LogP contribution in [0.15, 0.2) is 24.4 Å². The van der Waals surface area contributed by atoms with Crippen LogP contribution in [0.1, 0.15) is 53.4 Å². The van der Waals surface area contributed by atoms with Crippen molar-refractivity contribution in [3.8, 4) is 0 Å². The van der Waals surface area contributed by atoms with E-state index in [9.17, 15) is 13.2 Å². The van der Waals surface area contributed by atoms with Gasteiger partial charge in [0, 0.05) is 48.7 Å². The molecule has 0 unspecified atom stereocenters. The van der Waals surface area contributed by atoms with Crippen molar-refractivity contribution in [3.63, 3.8) is 0 Å². The number of nitrogens with one attached hydrogen (secondary N) is 2. The summed E-state index contributed by atoms with van der Waals surface area (Å²) in [5, 5.41) is 6.80. The van der Waals surface area contributed by atoms with Gasteiger partial charge in [-0.3, -0.25) is 4.90 Å². The second kappa shape index (κ2) is 9.32. The molecule has 2 aliphatic heterocycles. The first-order valence-electron chi connectivity index (χ1n) is 12.0. The molecule has 2 fully saturated rings. The molecule has 2 N–H and O–H groups in total. The molecular formula is C25H34ClF3N6. The van der Waals surface area contributed by atoms with Gasteiger partial charge in [-0.1, -0.05) is 11.6 Å². The molecule has 0 amide bonds. The normalized spacial score (nSPS) is 22.1. The first-order valence-corrected chi connectivity index (χ1v) is 12.4. The van der Waals surface area contributed by atoms with E-state index >= 15 is 0 Å². The molecule has 10 heteroatoms. The number of nitrogens with zero attached hydrogens (tertiary/aromatic N) is 4. The zero-order chi connectivity index (χ0) is 25.6. The molecule has 0 aliphatic carbocycles. The predicted octanol–water partition coefficient (Wildman–Crippen LogP) is 6.31. The van der Waals surface area contributed by atoms with Gasteiger partial charge < -0.3 is 15.5 Å². The van der Waals surface area contributed by atoms with Crippen molar-refractivity contribution in [2.75, 3.05) is 35.7 Å². The molecule has 3 heterocycles. The van der Waals surface area contributed by atoms with Gasteiger partial charge in [-0.05, 0) is 65.8 Å². The lowest BCUT2D eigenvalue weighted by Gasteiger charge is -2.53. The first kappa shape index (κ1) is 25.8. The number of aromatic nitrogens is 2. The van der Waals surface area contributed by atoms with E-state index in [0.717, 1.165) is 19.0 Å². The van der Waals surface area contributed by atoms with Gasteiger partial charge in [0.2, 0.25) is 5.95 Å². The van der Waals surface area contributed by atoms with E-state index in [0.29, 0.717) is 16.4 Å². The van der Waals surface area contributed by atoms with Crippen LogP contribution in [0.25, 0.3) is 0 Å². The Morgan fingerprint density at radius 3 is 2.29 bits per heavy atom. The van der Waals surface area contributed by atoms with Crippen LogP contribution >= 0.6 is 11.6 Å². The highest BCUT2D eigenvalue weighted by atomic mass is 35.5. The second-order valence-corrected chi connectivity index (χ2v) is 11.4. The Labute approximate surface area is 210 Å². The summed E-state index contributed by atoms with van der Waals surface area (Å²) in [5.74, 6) is -2.74. The highest BCUT2D eigenvalue weighted by Gasteiger charge is 2.43. The fourth-order valence-electron chi connectivity index (χ4n) is 5.24. The van der Waals surface area contributed by atoms with Crippen LogP contribution < -0.4 is 15.5 Å². The smallest absolute Gasteiger partial charge is 0.251 e. The summed E-state index contributed by atoms with van der Waals surface area (Å²) >= 11 is 6.46. The molecule has 2 saturated heterocycles. The van der Waals surface area contributed by atoms with Crippen LogP contribution in [0.2, 0.25) is 5.02 Å². The monoisotopic (exact) mass is 510 g/mol. The average molecular weight is 511 g/mol. The summed E-state index contributed by atoms with van der Waals surface area (Å²) in [4.78, 5) is 12.7. The van der Waals surface area contributed by atoms with Crippen molar-refractivity contribution < 1.29 is 13.2 Å². The van der Waals surface area contributed by atoms with Gasteiger partial charge >= 0.3 is 0 Å². The molecule has 35 heavy (non-hydrogen) atoms. The van der Waals surface area contributed by atoms with Crippen molar-refractivity contribution >= 4 is 34.7 Å². The molecule has 4 rings (SSSR count). The summed E-state index contributed by atoms with van der Waals surface area (Å²) in [6, 6.07) is 5.33. The van der Waals surface area contributed by atoms with Crippen molar-refractivity contribution in [3.05, 3.63) is 35.2 Å². The predicted molar refractivity (Wildman–Crippen MR) is 136 cm³/mol. The van der Waals surface area contributed by atoms with Crippen LogP contribution in [0.5, 0.6) is 0 Å². The van der Waals surface area contributed by atoms with Gasteiger partial charge in [0.1, 0.15) is 0 Å². The Kier molecular flexibility index (Phi) is 6.87. The summed E-state index contributed by atoms with van der Waals surface area (Å²) in [6.07, 6.45) is 2.46. The van der Waals surface area contributed by atoms with E-state index in [1.807, 2.05) is 4.90 Å². The van der Waals surface area contributed by atoms with Crippen molar-refractivity contribution in [2.45, 2.75) is 76.4 Å². The van der Waals surface area contributed by atoms with Gasteiger partial charge in [-0.15, -0.1) is 0 Å². The van der Waals surface area contributed by atoms with E-state index in [1.165, 1.54) is 0 Å². The zero-order valence-electron chi connectivity index (χ0n) is 20.9. The Morgan fingerprint density at radius 1 is 1.06 bits per heavy atom. The van der Waals surface area contributed by atoms with Gasteiger partial charge in [0.05, 0.1) is 16.9 Å². The number of alkyl halides is 2. The first-order chi connectivity index (χ1) is 16.3. The highest BCUT2D eigenvalue weighted by Crippen LogP contribution is 2.38. The van der Waals surface area contributed by atoms with Crippen molar-refractivity contribution in [1.29, 1.82) is 0 Å². The largest absolute Gasteiger partial charge is 0.370 e. The quantitative estimate of drug-likeness (QED) is 0.491. The number of benzene rings is 1. The van der Waals surface area contributed by atoms with Gasteiger partial charge in [0.25, 0.3) is 5.92 Å². The average Bonchev–Trinajstić information content (AvgIpc) is 2.75. The Bertz CT molecular complexity index is 1050. The summed E-state index contributed by atoms with van der Waals surface area (Å²) in [6.45, 7) is 9.26. The van der Waals surface area contributed by atoms with Gasteiger partial charge in [-0.2, -0.15) is 4.98 Å². The summed E-state index contributed by atoms with van der Waals surface area (Å²) in [5.41, 5.74) is 1.24. The molecule has 1 aromatic heterocycles. The number of hydrogen-bond donors (Lipinski definition) is 2. The maximum absolute atomic E-state index is 14.6. The molecule has 1 aromatic carbocycles. The lowest BCUT2D eigenvalue weighted by Crippen LogP contribution is -2.61. The molecule has 0 atom stereocenters. The Morgan fingerprint density at radius 2 is 1.69 bits per heavy atom. The van der Waals surface area contributed by atoms with Crippen LogP contribution in [0, 0.1) is 5.82 Å². The molecule has 192 valence electrons. The van der Waals surface area contributed by atoms with Crippen LogP contribution in [0.4, 0.5) is 36.3 Å². The van der Waals surface area contributed by atoms with E-state index in [2.05, 4.69) is 60.2 Å². The van der Waals surface area contributed by atoms with Crippen molar-refractivity contribution in [1.82, 2.24) is 14.9 Å². The third kappa shape index (κ3) is 5.77. The summed E-state index contributed by atoms with van der Waals surface area (Å²) < 4.78 is 41.6. The van der Waals surface area contributed by atoms with Gasteiger partial charge in [0.15, 0.2) is 11.6 Å². The molecule has 0 spiro atoms. The number of rotatable bonds is 5. The maximum Gasteiger partial charge on any atom is 0.251 e. The van der Waals surface area contributed by atoms with E-state index in [4.69, 9.17) is 11.6 Å². The third-order valence-electron chi connectivity index (χ3n) is 7.43. The molecule has 0 bridgehead atoms. The minimum atomic E-state index is -2.62. The number of piperidine rings is 2. The van der Waals surface area contributed by atoms with Crippen molar-refractivity contribution in [2.24, 2.45) is 0 Å². The maximum atomic E-state index is 14.6. The van der Waals surface area contributed by atoms with Crippen LogP contribution in [-0.4, -0.2) is 58.0 Å². The minimum absolute atomic E-state index is 0.0489. The fourth-order valence-corrected chi connectivity index (χ4v) is 5.54. The molecule has 0 saturated carbocycles. The lowest BCUT2D eigenvalue weighted by atomic mass is 9.77. The summed E-state index contributed by atoms with van der Waals surface area (Å²) in [7, 11) is 2.13. The molecule has 6 nitrogen and oxygen atoms in total. The number of hydrogen-bond acceptors (Lipinski definition) is 6. The molecular weight excluding hydrogens is 477 g/mol. The van der Waals surface area contributed by atoms with E-state index in [-0.39, 0.29) is 54.8 Å². The third-order valence-corrected chi connectivity index (χ3v) is 7.74. The van der Waals surface area contributed by atoms with Gasteiger partial charge in [-0.25, -0.2) is 18.2 Å². The Balaban J connectivity index is 1.46. The van der Waals surface area contributed by atoms with E-state index in [1.54, 1.807) is 18.2 Å². The van der Waals surface area contributed by atoms with E-state index < -0.39 is 11.7 Å². The lowest BCUT2D eigenvalue weighted by molar-refractivity contribution is -0.0220. The number of halogens is 4. The topological polar surface area (TPSA) is 56.3 Å². The fraction of sp³-hybridized carbons (Fsp3) is 0.600. The zero-order valence-corrected chi connectivity index (χ0v) is 21.7. The number of likely N-dealkylation sites (tertiary alicyclic amines) is 1. The van der Waals surface area contributed by atoms with Crippen LogP contribution in [0.3, 0.4) is 0 Å². The molecule has 0 radical (unpaired) electrons. The highest BCUT2D eigenvalue weighted by molar-refractivity contribution is 6.33. The Hall–Kier alpha value is -2.26. The standard InChI is InChI=1S/C25H34ClF3N6/c1-23(2)13-17(14-24(3,4)34(23)5)31-21-19(27)15-30-22(33-21)32-16-6-7-20(18(26)12-16)35-10-8-25(28,29)9-11-35/h6-7,12,15,17H,8-11,13-14H2,1-5H3,(H2,30,31,32,33). The van der Waals surface area contributed by atoms with Crippen LogP contribution in [-0.2, 0) is 0 Å². The SMILES string of the molecule is CN1C(C)(C)CC(Nc2nc(Nc3ccc(N4CCC(F)(F)CC4)c(Cl)c3)ncc2F)CC1(C)C. The molecule has 2 aromatic rings.